The highest BCUT2D eigenvalue weighted by atomic mass is 15.1. The lowest BCUT2D eigenvalue weighted by Crippen LogP contribution is -2.21. The minimum Gasteiger partial charge on any atom is -0.383 e. The third kappa shape index (κ3) is 2.45. The fraction of sp³-hybridized carbons (Fsp3) is 0.235. The van der Waals surface area contributed by atoms with Crippen molar-refractivity contribution in [3.8, 4) is 0 Å². The van der Waals surface area contributed by atoms with Crippen LogP contribution in [0.5, 0.6) is 0 Å². The average molecular weight is 265 g/mol. The Morgan fingerprint density at radius 2 is 1.45 bits per heavy atom. The van der Waals surface area contributed by atoms with E-state index in [0.29, 0.717) is 0 Å². The smallest absolute Gasteiger partial charge is 0.0730 e. The lowest BCUT2D eigenvalue weighted by atomic mass is 10.1. The Morgan fingerprint density at radius 1 is 0.900 bits per heavy atom. The van der Waals surface area contributed by atoms with Crippen LogP contribution in [0.1, 0.15) is 0 Å². The fourth-order valence-corrected chi connectivity index (χ4v) is 2.43. The molecule has 20 heavy (non-hydrogen) atoms. The molecule has 0 fully saturated rings. The van der Waals surface area contributed by atoms with Gasteiger partial charge in [-0.1, -0.05) is 36.4 Å². The van der Waals surface area contributed by atoms with Gasteiger partial charge in [0, 0.05) is 23.9 Å². The number of para-hydroxylation sites is 2. The van der Waals surface area contributed by atoms with Crippen molar-refractivity contribution in [1.29, 1.82) is 0 Å². The largest absolute Gasteiger partial charge is 0.383 e. The number of likely N-dealkylation sites (N-methyl/N-ethyl adjacent to an activating group) is 1. The van der Waals surface area contributed by atoms with E-state index in [0.717, 1.165) is 24.1 Å². The van der Waals surface area contributed by atoms with Gasteiger partial charge in [-0.3, -0.25) is 0 Å². The number of hydrogen-bond donors (Lipinski definition) is 1. The summed E-state index contributed by atoms with van der Waals surface area (Å²) in [5.74, 6) is 0. The van der Waals surface area contributed by atoms with Gasteiger partial charge in [0.15, 0.2) is 0 Å². The van der Waals surface area contributed by atoms with Crippen LogP contribution < -0.4 is 5.32 Å². The highest BCUT2D eigenvalue weighted by Crippen LogP contribution is 2.30. The van der Waals surface area contributed by atoms with Crippen LogP contribution in [-0.2, 0) is 0 Å². The molecule has 3 nitrogen and oxygen atoms in total. The fourth-order valence-electron chi connectivity index (χ4n) is 2.43. The molecular weight excluding hydrogens is 246 g/mol. The van der Waals surface area contributed by atoms with E-state index in [1.54, 1.807) is 0 Å². The van der Waals surface area contributed by atoms with Crippen LogP contribution >= 0.6 is 0 Å². The van der Waals surface area contributed by atoms with Crippen LogP contribution in [0.2, 0.25) is 0 Å². The average Bonchev–Trinajstić information content (AvgIpc) is 2.46. The second kappa shape index (κ2) is 5.47. The minimum atomic E-state index is 0.922. The molecule has 0 saturated heterocycles. The molecule has 3 heteroatoms. The number of benzene rings is 2. The topological polar surface area (TPSA) is 28.2 Å². The van der Waals surface area contributed by atoms with Gasteiger partial charge < -0.3 is 10.2 Å². The van der Waals surface area contributed by atoms with Crippen LogP contribution in [0, 0.1) is 0 Å². The van der Waals surface area contributed by atoms with Gasteiger partial charge in [0.1, 0.15) is 0 Å². The number of nitrogens with zero attached hydrogens (tertiary/aromatic N) is 2. The van der Waals surface area contributed by atoms with E-state index in [4.69, 9.17) is 4.98 Å². The van der Waals surface area contributed by atoms with E-state index >= 15 is 0 Å². The van der Waals surface area contributed by atoms with E-state index in [-0.39, 0.29) is 0 Å². The van der Waals surface area contributed by atoms with Crippen molar-refractivity contribution < 1.29 is 0 Å². The molecule has 0 saturated carbocycles. The van der Waals surface area contributed by atoms with E-state index in [9.17, 15) is 0 Å². The van der Waals surface area contributed by atoms with Crippen molar-refractivity contribution in [2.45, 2.75) is 0 Å². The van der Waals surface area contributed by atoms with Gasteiger partial charge in [-0.2, -0.15) is 0 Å². The molecule has 0 aliphatic carbocycles. The summed E-state index contributed by atoms with van der Waals surface area (Å²) >= 11 is 0. The van der Waals surface area contributed by atoms with Gasteiger partial charge in [-0.05, 0) is 26.2 Å². The summed E-state index contributed by atoms with van der Waals surface area (Å²) in [6.07, 6.45) is 0. The maximum absolute atomic E-state index is 4.73. The molecule has 0 unspecified atom stereocenters. The van der Waals surface area contributed by atoms with Crippen LogP contribution in [0.4, 0.5) is 5.69 Å². The van der Waals surface area contributed by atoms with Gasteiger partial charge in [-0.15, -0.1) is 0 Å². The standard InChI is InChI=1S/C17H19N3/c1-20(2)12-11-18-17-13-7-3-5-9-15(13)19-16-10-6-4-8-14(16)17/h3-10H,11-12H2,1-2H3,(H,18,19). The predicted octanol–water partition coefficient (Wildman–Crippen LogP) is 3.36. The summed E-state index contributed by atoms with van der Waals surface area (Å²) < 4.78 is 0. The van der Waals surface area contributed by atoms with E-state index in [1.807, 2.05) is 12.1 Å². The Kier molecular flexibility index (Phi) is 3.52. The molecule has 0 aliphatic rings. The van der Waals surface area contributed by atoms with Gasteiger partial charge in [-0.25, -0.2) is 4.98 Å². The first-order valence-electron chi connectivity index (χ1n) is 6.92. The Hall–Kier alpha value is -2.13. The van der Waals surface area contributed by atoms with Crippen molar-refractivity contribution in [3.63, 3.8) is 0 Å². The molecule has 0 radical (unpaired) electrons. The Labute approximate surface area is 119 Å². The minimum absolute atomic E-state index is 0.922. The summed E-state index contributed by atoms with van der Waals surface area (Å²) in [7, 11) is 4.18. The molecule has 0 spiro atoms. The van der Waals surface area contributed by atoms with Gasteiger partial charge >= 0.3 is 0 Å². The third-order valence-electron chi connectivity index (χ3n) is 3.45. The number of fused-ring (bicyclic) bond motifs is 2. The SMILES string of the molecule is CN(C)CCNc1c2ccccc2nc2ccccc12. The van der Waals surface area contributed by atoms with Crippen LogP contribution in [0.3, 0.4) is 0 Å². The number of rotatable bonds is 4. The van der Waals surface area contributed by atoms with Gasteiger partial charge in [0.2, 0.25) is 0 Å². The monoisotopic (exact) mass is 265 g/mol. The van der Waals surface area contributed by atoms with Crippen LogP contribution in [0.25, 0.3) is 21.8 Å². The molecule has 3 rings (SSSR count). The number of anilines is 1. The zero-order valence-corrected chi connectivity index (χ0v) is 11.9. The summed E-state index contributed by atoms with van der Waals surface area (Å²) in [5, 5.41) is 5.95. The number of hydrogen-bond acceptors (Lipinski definition) is 3. The molecule has 0 atom stereocenters. The van der Waals surface area contributed by atoms with Crippen molar-refractivity contribution in [1.82, 2.24) is 9.88 Å². The highest BCUT2D eigenvalue weighted by molar-refractivity contribution is 6.07. The maximum atomic E-state index is 4.73. The quantitative estimate of drug-likeness (QED) is 0.733. The molecule has 102 valence electrons. The van der Waals surface area contributed by atoms with E-state index in [1.165, 1.54) is 16.5 Å². The van der Waals surface area contributed by atoms with Crippen LogP contribution in [0.15, 0.2) is 48.5 Å². The first-order valence-corrected chi connectivity index (χ1v) is 6.92. The van der Waals surface area contributed by atoms with Crippen molar-refractivity contribution >= 4 is 27.5 Å². The molecule has 0 aliphatic heterocycles. The molecule has 1 aromatic heterocycles. The molecule has 0 bridgehead atoms. The third-order valence-corrected chi connectivity index (χ3v) is 3.45. The van der Waals surface area contributed by atoms with Gasteiger partial charge in [0.05, 0.1) is 16.7 Å². The van der Waals surface area contributed by atoms with Crippen molar-refractivity contribution in [2.75, 3.05) is 32.5 Å². The number of pyridine rings is 1. The summed E-state index contributed by atoms with van der Waals surface area (Å²) in [5.41, 5.74) is 3.27. The zero-order valence-electron chi connectivity index (χ0n) is 11.9. The highest BCUT2D eigenvalue weighted by Gasteiger charge is 2.07. The van der Waals surface area contributed by atoms with Crippen LogP contribution in [-0.4, -0.2) is 37.1 Å². The van der Waals surface area contributed by atoms with Crippen molar-refractivity contribution in [2.24, 2.45) is 0 Å². The van der Waals surface area contributed by atoms with Crippen molar-refractivity contribution in [3.05, 3.63) is 48.5 Å². The molecule has 2 aromatic carbocycles. The molecule has 3 aromatic rings. The lowest BCUT2D eigenvalue weighted by molar-refractivity contribution is 0.425. The second-order valence-electron chi connectivity index (χ2n) is 5.25. The summed E-state index contributed by atoms with van der Waals surface area (Å²) in [6, 6.07) is 16.6. The Morgan fingerprint density at radius 3 is 2.00 bits per heavy atom. The molecular formula is C17H19N3. The Bertz CT molecular complexity index is 680. The first kappa shape index (κ1) is 12.9. The maximum Gasteiger partial charge on any atom is 0.0730 e. The molecule has 0 amide bonds. The van der Waals surface area contributed by atoms with E-state index < -0.39 is 0 Å². The zero-order chi connectivity index (χ0) is 13.9. The first-order chi connectivity index (χ1) is 9.75. The number of nitrogens with one attached hydrogen (secondary N) is 1. The summed E-state index contributed by atoms with van der Waals surface area (Å²) in [4.78, 5) is 6.91. The Balaban J connectivity index is 2.12. The van der Waals surface area contributed by atoms with Gasteiger partial charge in [0.25, 0.3) is 0 Å². The van der Waals surface area contributed by atoms with E-state index in [2.05, 4.69) is 60.7 Å². The summed E-state index contributed by atoms with van der Waals surface area (Å²) in [6.45, 7) is 1.93. The second-order valence-corrected chi connectivity index (χ2v) is 5.25. The molecule has 1 N–H and O–H groups in total. The number of aromatic nitrogens is 1. The lowest BCUT2D eigenvalue weighted by Gasteiger charge is -2.15. The predicted molar refractivity (Wildman–Crippen MR) is 86.3 cm³/mol. The normalized spacial score (nSPS) is 11.3. The molecule has 1 heterocycles.